The maximum atomic E-state index is 11.9. The Labute approximate surface area is 106 Å². The van der Waals surface area contributed by atoms with Crippen molar-refractivity contribution < 1.29 is 4.79 Å². The normalized spacial score (nSPS) is 28.1. The number of aryl methyl sites for hydroxylation is 1. The van der Waals surface area contributed by atoms with Gasteiger partial charge in [0.15, 0.2) is 5.82 Å². The molecular formula is C12H19N5O. The number of carbonyl (C=O) groups is 1. The number of aromatic amines is 1. The van der Waals surface area contributed by atoms with Gasteiger partial charge in [0.1, 0.15) is 5.82 Å². The first-order valence-corrected chi connectivity index (χ1v) is 6.64. The molecular weight excluding hydrogens is 230 g/mol. The predicted molar refractivity (Wildman–Crippen MR) is 66.0 cm³/mol. The summed E-state index contributed by atoms with van der Waals surface area (Å²) in [5.41, 5.74) is 0. The Bertz CT molecular complexity index is 439. The second-order valence-corrected chi connectivity index (χ2v) is 5.27. The number of hydrogen-bond acceptors (Lipinski definition) is 4. The van der Waals surface area contributed by atoms with Crippen molar-refractivity contribution in [2.45, 2.75) is 38.1 Å². The zero-order chi connectivity index (χ0) is 12.5. The van der Waals surface area contributed by atoms with E-state index in [1.54, 1.807) is 0 Å². The average molecular weight is 249 g/mol. The number of aromatic nitrogens is 3. The summed E-state index contributed by atoms with van der Waals surface area (Å²) in [5.74, 6) is 2.33. The largest absolute Gasteiger partial charge is 0.351 e. The number of carbonyl (C=O) groups excluding carboxylic acids is 1. The van der Waals surface area contributed by atoms with Gasteiger partial charge in [-0.1, -0.05) is 0 Å². The Balaban J connectivity index is 1.71. The fourth-order valence-electron chi connectivity index (χ4n) is 2.49. The Morgan fingerprint density at radius 3 is 2.89 bits per heavy atom. The molecule has 2 fully saturated rings. The molecule has 0 aromatic carbocycles. The van der Waals surface area contributed by atoms with E-state index in [4.69, 9.17) is 0 Å². The van der Waals surface area contributed by atoms with Crippen LogP contribution in [0.4, 0.5) is 0 Å². The minimum atomic E-state index is 0.113. The van der Waals surface area contributed by atoms with Gasteiger partial charge in [0.2, 0.25) is 5.91 Å². The van der Waals surface area contributed by atoms with E-state index >= 15 is 0 Å². The van der Waals surface area contributed by atoms with Crippen LogP contribution >= 0.6 is 0 Å². The van der Waals surface area contributed by atoms with Gasteiger partial charge in [-0.2, -0.15) is 5.10 Å². The smallest absolute Gasteiger partial charge is 0.223 e. The van der Waals surface area contributed by atoms with Crippen LogP contribution in [0.2, 0.25) is 0 Å². The number of amides is 1. The lowest BCUT2D eigenvalue weighted by atomic mass is 9.92. The third kappa shape index (κ3) is 2.38. The summed E-state index contributed by atoms with van der Waals surface area (Å²) in [6.07, 6.45) is 3.04. The number of rotatable bonds is 3. The number of nitrogens with one attached hydrogen (secondary N) is 3. The van der Waals surface area contributed by atoms with Crippen molar-refractivity contribution in [2.24, 2.45) is 5.92 Å². The third-order valence-electron chi connectivity index (χ3n) is 3.70. The van der Waals surface area contributed by atoms with Crippen LogP contribution in [0.25, 0.3) is 0 Å². The van der Waals surface area contributed by atoms with E-state index in [2.05, 4.69) is 25.8 Å². The highest BCUT2D eigenvalue weighted by atomic mass is 16.2. The molecule has 2 atom stereocenters. The maximum absolute atomic E-state index is 11.9. The summed E-state index contributed by atoms with van der Waals surface area (Å²) >= 11 is 0. The molecule has 1 aliphatic carbocycles. The van der Waals surface area contributed by atoms with E-state index < -0.39 is 0 Å². The molecule has 3 rings (SSSR count). The minimum absolute atomic E-state index is 0.113. The van der Waals surface area contributed by atoms with Gasteiger partial charge in [-0.3, -0.25) is 9.89 Å². The fraction of sp³-hybridized carbons (Fsp3) is 0.750. The Morgan fingerprint density at radius 2 is 2.22 bits per heavy atom. The summed E-state index contributed by atoms with van der Waals surface area (Å²) in [6.45, 7) is 3.65. The van der Waals surface area contributed by atoms with Crippen LogP contribution in [0.5, 0.6) is 0 Å². The Morgan fingerprint density at radius 1 is 1.39 bits per heavy atom. The first kappa shape index (κ1) is 11.6. The third-order valence-corrected chi connectivity index (χ3v) is 3.70. The van der Waals surface area contributed by atoms with Gasteiger partial charge < -0.3 is 10.6 Å². The van der Waals surface area contributed by atoms with Gasteiger partial charge in [-0.05, 0) is 32.7 Å². The molecule has 1 aliphatic heterocycles. The van der Waals surface area contributed by atoms with E-state index in [0.717, 1.165) is 44.0 Å². The van der Waals surface area contributed by atoms with E-state index in [0.29, 0.717) is 0 Å². The van der Waals surface area contributed by atoms with Crippen LogP contribution in [-0.2, 0) is 4.79 Å². The molecule has 1 aromatic heterocycles. The molecule has 1 saturated heterocycles. The summed E-state index contributed by atoms with van der Waals surface area (Å²) in [4.78, 5) is 16.3. The topological polar surface area (TPSA) is 82.7 Å². The van der Waals surface area contributed by atoms with Crippen molar-refractivity contribution in [3.8, 4) is 0 Å². The zero-order valence-electron chi connectivity index (χ0n) is 10.6. The first-order valence-electron chi connectivity index (χ1n) is 6.64. The summed E-state index contributed by atoms with van der Waals surface area (Å²) < 4.78 is 0. The van der Waals surface area contributed by atoms with E-state index in [1.165, 1.54) is 0 Å². The number of H-pyrrole nitrogens is 1. The molecule has 6 heteroatoms. The Hall–Kier alpha value is -1.43. The highest BCUT2D eigenvalue weighted by Gasteiger charge is 2.35. The quantitative estimate of drug-likeness (QED) is 0.708. The van der Waals surface area contributed by atoms with Gasteiger partial charge in [-0.25, -0.2) is 4.98 Å². The van der Waals surface area contributed by atoms with Crippen LogP contribution in [0.1, 0.15) is 36.8 Å². The summed E-state index contributed by atoms with van der Waals surface area (Å²) in [5, 5.41) is 13.6. The highest BCUT2D eigenvalue weighted by molar-refractivity contribution is 5.81. The van der Waals surface area contributed by atoms with Crippen LogP contribution in [0.15, 0.2) is 0 Å². The van der Waals surface area contributed by atoms with Gasteiger partial charge >= 0.3 is 0 Å². The summed E-state index contributed by atoms with van der Waals surface area (Å²) in [7, 11) is 0. The molecule has 6 nitrogen and oxygen atoms in total. The van der Waals surface area contributed by atoms with Gasteiger partial charge in [-0.15, -0.1) is 0 Å². The fourth-order valence-corrected chi connectivity index (χ4v) is 2.49. The highest BCUT2D eigenvalue weighted by Crippen LogP contribution is 2.30. The van der Waals surface area contributed by atoms with Crippen molar-refractivity contribution in [3.63, 3.8) is 0 Å². The second-order valence-electron chi connectivity index (χ2n) is 5.27. The van der Waals surface area contributed by atoms with E-state index in [9.17, 15) is 4.79 Å². The molecule has 2 heterocycles. The van der Waals surface area contributed by atoms with Crippen molar-refractivity contribution in [1.29, 1.82) is 0 Å². The number of piperidine rings is 1. The standard InChI is InChI=1S/C12H19N5O/c1-7-14-11(17-16-7)9-4-5-13-6-10(9)15-12(18)8-2-3-8/h8-10,13H,2-6H2,1H3,(H,15,18)(H,14,16,17)/t9-,10+/m0/s1. The lowest BCUT2D eigenvalue weighted by Gasteiger charge is -2.31. The average Bonchev–Trinajstić information content (AvgIpc) is 3.13. The van der Waals surface area contributed by atoms with Crippen molar-refractivity contribution in [1.82, 2.24) is 25.8 Å². The molecule has 0 spiro atoms. The van der Waals surface area contributed by atoms with Crippen LogP contribution in [0.3, 0.4) is 0 Å². The number of hydrogen-bond donors (Lipinski definition) is 3. The van der Waals surface area contributed by atoms with E-state index in [-0.39, 0.29) is 23.8 Å². The van der Waals surface area contributed by atoms with Crippen molar-refractivity contribution >= 4 is 5.91 Å². The zero-order valence-corrected chi connectivity index (χ0v) is 10.6. The molecule has 3 N–H and O–H groups in total. The first-order chi connectivity index (χ1) is 8.74. The molecule has 0 unspecified atom stereocenters. The molecule has 0 bridgehead atoms. The molecule has 1 saturated carbocycles. The van der Waals surface area contributed by atoms with Gasteiger partial charge in [0, 0.05) is 18.4 Å². The molecule has 98 valence electrons. The van der Waals surface area contributed by atoms with Crippen LogP contribution in [0, 0.1) is 12.8 Å². The second kappa shape index (κ2) is 4.68. The number of nitrogens with zero attached hydrogens (tertiary/aromatic N) is 2. The SMILES string of the molecule is Cc1nc([C@H]2CCNC[C@H]2NC(=O)C2CC2)n[nH]1. The Kier molecular flexibility index (Phi) is 3.03. The molecule has 2 aliphatic rings. The van der Waals surface area contributed by atoms with Gasteiger partial charge in [0.05, 0.1) is 6.04 Å². The van der Waals surface area contributed by atoms with Crippen molar-refractivity contribution in [3.05, 3.63) is 11.6 Å². The lowest BCUT2D eigenvalue weighted by molar-refractivity contribution is -0.123. The van der Waals surface area contributed by atoms with Crippen molar-refractivity contribution in [2.75, 3.05) is 13.1 Å². The maximum Gasteiger partial charge on any atom is 0.223 e. The van der Waals surface area contributed by atoms with E-state index in [1.807, 2.05) is 6.92 Å². The minimum Gasteiger partial charge on any atom is -0.351 e. The molecule has 18 heavy (non-hydrogen) atoms. The molecule has 0 radical (unpaired) electrons. The summed E-state index contributed by atoms with van der Waals surface area (Å²) in [6, 6.07) is 0.113. The predicted octanol–water partition coefficient (Wildman–Crippen LogP) is 0.0848. The van der Waals surface area contributed by atoms with Crippen LogP contribution in [-0.4, -0.2) is 40.2 Å². The monoisotopic (exact) mass is 249 g/mol. The van der Waals surface area contributed by atoms with Gasteiger partial charge in [0.25, 0.3) is 0 Å². The van der Waals surface area contributed by atoms with Crippen LogP contribution < -0.4 is 10.6 Å². The lowest BCUT2D eigenvalue weighted by Crippen LogP contribution is -2.50. The molecule has 1 amide bonds. The molecule has 1 aromatic rings.